The molecule has 1 aromatic carbocycles. The van der Waals surface area contributed by atoms with Gasteiger partial charge in [-0.15, -0.1) is 0 Å². The van der Waals surface area contributed by atoms with E-state index in [0.717, 1.165) is 6.42 Å². The summed E-state index contributed by atoms with van der Waals surface area (Å²) < 4.78 is 14.0. The summed E-state index contributed by atoms with van der Waals surface area (Å²) in [5, 5.41) is 6.66. The Morgan fingerprint density at radius 2 is 2.27 bits per heavy atom. The monoisotopic (exact) mass is 302 g/mol. The zero-order chi connectivity index (χ0) is 15.7. The number of nitrogens with two attached hydrogens (primary N) is 1. The third kappa shape index (κ3) is 2.50. The number of nitrogens with one attached hydrogen (secondary N) is 1. The number of rotatable bonds is 3. The van der Waals surface area contributed by atoms with Gasteiger partial charge in [0, 0.05) is 18.7 Å². The zero-order valence-corrected chi connectivity index (χ0v) is 12.5. The number of halogens is 1. The lowest BCUT2D eigenvalue weighted by molar-refractivity contribution is 0.0777. The van der Waals surface area contributed by atoms with Gasteiger partial charge in [-0.2, -0.15) is 5.10 Å². The number of nitrogens with zero attached hydrogens (tertiary/aromatic N) is 2. The fourth-order valence-corrected chi connectivity index (χ4v) is 2.85. The minimum absolute atomic E-state index is 0.0441. The van der Waals surface area contributed by atoms with E-state index in [1.165, 1.54) is 12.3 Å². The Morgan fingerprint density at radius 1 is 1.50 bits per heavy atom. The largest absolute Gasteiger partial charge is 0.338 e. The Kier molecular flexibility index (Phi) is 3.70. The topological polar surface area (TPSA) is 75.0 Å². The molecule has 1 aliphatic rings. The third-order valence-electron chi connectivity index (χ3n) is 4.35. The van der Waals surface area contributed by atoms with Gasteiger partial charge in [-0.3, -0.25) is 9.89 Å². The van der Waals surface area contributed by atoms with E-state index in [2.05, 4.69) is 17.1 Å². The Morgan fingerprint density at radius 3 is 2.95 bits per heavy atom. The number of aromatic amines is 1. The number of carbonyl (C=O) groups excluding carboxylic acids is 1. The summed E-state index contributed by atoms with van der Waals surface area (Å²) in [7, 11) is 0. The number of H-pyrrole nitrogens is 1. The molecule has 5 nitrogen and oxygen atoms in total. The maximum Gasteiger partial charge on any atom is 0.257 e. The van der Waals surface area contributed by atoms with Crippen LogP contribution in [0.1, 0.15) is 23.7 Å². The van der Waals surface area contributed by atoms with Gasteiger partial charge in [0.2, 0.25) is 0 Å². The van der Waals surface area contributed by atoms with E-state index in [1.54, 1.807) is 23.1 Å². The molecule has 2 aromatic rings. The van der Waals surface area contributed by atoms with Crippen molar-refractivity contribution in [3.05, 3.63) is 41.8 Å². The summed E-state index contributed by atoms with van der Waals surface area (Å²) in [4.78, 5) is 14.5. The van der Waals surface area contributed by atoms with Gasteiger partial charge in [-0.05, 0) is 30.5 Å². The summed E-state index contributed by atoms with van der Waals surface area (Å²) in [6.07, 6.45) is 2.34. The van der Waals surface area contributed by atoms with Crippen molar-refractivity contribution in [3.8, 4) is 11.3 Å². The molecule has 2 heterocycles. The summed E-state index contributed by atoms with van der Waals surface area (Å²) in [5.41, 5.74) is 6.91. The van der Waals surface area contributed by atoms with Crippen LogP contribution in [0.3, 0.4) is 0 Å². The Labute approximate surface area is 128 Å². The average molecular weight is 302 g/mol. The van der Waals surface area contributed by atoms with Gasteiger partial charge in [-0.25, -0.2) is 4.39 Å². The number of likely N-dealkylation sites (tertiary alicyclic amines) is 1. The Hall–Kier alpha value is -2.21. The molecule has 0 saturated carbocycles. The molecule has 6 heteroatoms. The van der Waals surface area contributed by atoms with E-state index in [4.69, 9.17) is 5.73 Å². The number of carbonyl (C=O) groups is 1. The van der Waals surface area contributed by atoms with Crippen LogP contribution in [0.4, 0.5) is 4.39 Å². The van der Waals surface area contributed by atoms with Gasteiger partial charge in [0.15, 0.2) is 0 Å². The van der Waals surface area contributed by atoms with Crippen molar-refractivity contribution in [2.24, 2.45) is 11.1 Å². The predicted octanol–water partition coefficient (Wildman–Crippen LogP) is 2.03. The number of hydrogen-bond acceptors (Lipinski definition) is 3. The van der Waals surface area contributed by atoms with Crippen molar-refractivity contribution in [1.29, 1.82) is 0 Å². The maximum atomic E-state index is 14.0. The van der Waals surface area contributed by atoms with Crippen LogP contribution in [-0.4, -0.2) is 40.6 Å². The Balaban J connectivity index is 1.90. The second-order valence-electron chi connectivity index (χ2n) is 6.13. The molecule has 1 atom stereocenters. The first-order valence-electron chi connectivity index (χ1n) is 7.32. The van der Waals surface area contributed by atoms with Crippen LogP contribution in [-0.2, 0) is 0 Å². The summed E-state index contributed by atoms with van der Waals surface area (Å²) in [6.45, 7) is 3.90. The van der Waals surface area contributed by atoms with Crippen LogP contribution >= 0.6 is 0 Å². The number of hydrogen-bond donors (Lipinski definition) is 2. The first-order chi connectivity index (χ1) is 10.5. The number of benzene rings is 1. The van der Waals surface area contributed by atoms with Crippen LogP contribution in [0.5, 0.6) is 0 Å². The molecule has 116 valence electrons. The normalized spacial score (nSPS) is 21.3. The van der Waals surface area contributed by atoms with Crippen LogP contribution in [0, 0.1) is 11.2 Å². The summed E-state index contributed by atoms with van der Waals surface area (Å²) in [6, 6.07) is 6.35. The van der Waals surface area contributed by atoms with E-state index in [0.29, 0.717) is 36.5 Å². The van der Waals surface area contributed by atoms with Crippen LogP contribution in [0.15, 0.2) is 30.5 Å². The highest BCUT2D eigenvalue weighted by Gasteiger charge is 2.36. The van der Waals surface area contributed by atoms with Gasteiger partial charge in [0.25, 0.3) is 5.91 Å². The second kappa shape index (κ2) is 5.53. The van der Waals surface area contributed by atoms with Gasteiger partial charge in [0.05, 0.1) is 17.5 Å². The molecule has 0 radical (unpaired) electrons. The molecule has 1 aromatic heterocycles. The molecule has 1 amide bonds. The van der Waals surface area contributed by atoms with Crippen molar-refractivity contribution in [2.45, 2.75) is 13.3 Å². The van der Waals surface area contributed by atoms with Crippen molar-refractivity contribution in [3.63, 3.8) is 0 Å². The highest BCUT2D eigenvalue weighted by atomic mass is 19.1. The smallest absolute Gasteiger partial charge is 0.257 e. The third-order valence-corrected chi connectivity index (χ3v) is 4.35. The minimum atomic E-state index is -0.381. The molecular weight excluding hydrogens is 283 g/mol. The molecule has 0 spiro atoms. The van der Waals surface area contributed by atoms with E-state index in [9.17, 15) is 9.18 Å². The number of amides is 1. The average Bonchev–Trinajstić information content (AvgIpc) is 3.14. The van der Waals surface area contributed by atoms with Crippen molar-refractivity contribution >= 4 is 5.91 Å². The predicted molar refractivity (Wildman–Crippen MR) is 81.7 cm³/mol. The molecule has 3 N–H and O–H groups in total. The Bertz CT molecular complexity index is 699. The number of aromatic nitrogens is 2. The van der Waals surface area contributed by atoms with E-state index in [-0.39, 0.29) is 17.1 Å². The summed E-state index contributed by atoms with van der Waals surface area (Å²) in [5.74, 6) is -0.516. The van der Waals surface area contributed by atoms with Gasteiger partial charge in [0.1, 0.15) is 5.82 Å². The molecule has 22 heavy (non-hydrogen) atoms. The fourth-order valence-electron chi connectivity index (χ4n) is 2.85. The molecule has 0 aliphatic carbocycles. The highest BCUT2D eigenvalue weighted by molar-refractivity contribution is 6.00. The minimum Gasteiger partial charge on any atom is -0.338 e. The first-order valence-corrected chi connectivity index (χ1v) is 7.32. The second-order valence-corrected chi connectivity index (χ2v) is 6.13. The zero-order valence-electron chi connectivity index (χ0n) is 12.5. The molecule has 0 bridgehead atoms. The standard InChI is InChI=1S/C16H19FN4O/c1-16(9-18)6-7-21(10-16)15(22)12-8-19-20-14(12)11-4-2-3-5-13(11)17/h2-5,8H,6-7,9-10,18H2,1H3,(H,19,20). The quantitative estimate of drug-likeness (QED) is 0.911. The van der Waals surface area contributed by atoms with Crippen LogP contribution in [0.2, 0.25) is 0 Å². The van der Waals surface area contributed by atoms with E-state index in [1.807, 2.05) is 0 Å². The van der Waals surface area contributed by atoms with Crippen molar-refractivity contribution < 1.29 is 9.18 Å². The highest BCUT2D eigenvalue weighted by Crippen LogP contribution is 2.31. The van der Waals surface area contributed by atoms with E-state index < -0.39 is 0 Å². The first kappa shape index (κ1) is 14.7. The lowest BCUT2D eigenvalue weighted by atomic mass is 9.90. The lowest BCUT2D eigenvalue weighted by Crippen LogP contribution is -2.34. The fraction of sp³-hybridized carbons (Fsp3) is 0.375. The van der Waals surface area contributed by atoms with Crippen molar-refractivity contribution in [2.75, 3.05) is 19.6 Å². The molecule has 1 unspecified atom stereocenters. The summed E-state index contributed by atoms with van der Waals surface area (Å²) >= 11 is 0. The molecular formula is C16H19FN4O. The molecule has 1 saturated heterocycles. The van der Waals surface area contributed by atoms with Gasteiger partial charge >= 0.3 is 0 Å². The van der Waals surface area contributed by atoms with E-state index >= 15 is 0 Å². The van der Waals surface area contributed by atoms with Gasteiger partial charge in [-0.1, -0.05) is 19.1 Å². The lowest BCUT2D eigenvalue weighted by Gasteiger charge is -2.22. The van der Waals surface area contributed by atoms with Crippen LogP contribution in [0.25, 0.3) is 11.3 Å². The SMILES string of the molecule is CC1(CN)CCN(C(=O)c2cn[nH]c2-c2ccccc2F)C1. The maximum absolute atomic E-state index is 14.0. The van der Waals surface area contributed by atoms with Crippen LogP contribution < -0.4 is 5.73 Å². The molecule has 3 rings (SSSR count). The van der Waals surface area contributed by atoms with Crippen molar-refractivity contribution in [1.82, 2.24) is 15.1 Å². The van der Waals surface area contributed by atoms with Gasteiger partial charge < -0.3 is 10.6 Å². The molecule has 1 aliphatic heterocycles. The molecule has 1 fully saturated rings.